The van der Waals surface area contributed by atoms with Gasteiger partial charge in [0, 0.05) is 12.2 Å². The summed E-state index contributed by atoms with van der Waals surface area (Å²) in [6.07, 6.45) is 6.76. The number of fused-ring (bicyclic) bond motifs is 2. The molecule has 26 heavy (non-hydrogen) atoms. The topological polar surface area (TPSA) is 89.4 Å². The minimum atomic E-state index is -0.612. The Morgan fingerprint density at radius 1 is 1.27 bits per heavy atom. The molecular weight excluding hydrogens is 332 g/mol. The van der Waals surface area contributed by atoms with Crippen molar-refractivity contribution in [3.05, 3.63) is 51.9 Å². The molecule has 3 aromatic heterocycles. The smallest absolute Gasteiger partial charge is 0.341 e. The zero-order valence-corrected chi connectivity index (χ0v) is 14.6. The van der Waals surface area contributed by atoms with Gasteiger partial charge in [0.1, 0.15) is 22.3 Å². The van der Waals surface area contributed by atoms with Gasteiger partial charge >= 0.3 is 5.97 Å². The average Bonchev–Trinajstić information content (AvgIpc) is 2.68. The monoisotopic (exact) mass is 352 g/mol. The molecule has 0 aromatic carbocycles. The number of aromatic nitrogens is 3. The fourth-order valence-corrected chi connectivity index (χ4v) is 3.81. The standard InChI is InChI=1S/C19H20N4O3/c1-26-19(25)13-11-14-17(21-15-9-5-6-10-22(15)18(14)24)23(16(13)20)12-7-3-2-4-8-12/h5-6,9-12,20H,2-4,7-8H2,1H3. The largest absolute Gasteiger partial charge is 0.465 e. The van der Waals surface area contributed by atoms with E-state index in [1.165, 1.54) is 17.6 Å². The van der Waals surface area contributed by atoms with E-state index < -0.39 is 5.97 Å². The van der Waals surface area contributed by atoms with Gasteiger partial charge in [0.05, 0.1) is 12.5 Å². The van der Waals surface area contributed by atoms with Gasteiger partial charge in [0.15, 0.2) is 0 Å². The molecule has 3 heterocycles. The minimum absolute atomic E-state index is 0.0569. The van der Waals surface area contributed by atoms with Crippen LogP contribution in [0.3, 0.4) is 0 Å². The number of rotatable bonds is 2. The Balaban J connectivity index is 2.14. The van der Waals surface area contributed by atoms with Gasteiger partial charge in [-0.3, -0.25) is 14.6 Å². The summed E-state index contributed by atoms with van der Waals surface area (Å²) in [7, 11) is 1.28. The first-order chi connectivity index (χ1) is 12.6. The Morgan fingerprint density at radius 2 is 2.04 bits per heavy atom. The van der Waals surface area contributed by atoms with Gasteiger partial charge in [-0.05, 0) is 31.0 Å². The molecular formula is C19H20N4O3. The second kappa shape index (κ2) is 6.40. The zero-order chi connectivity index (χ0) is 18.3. The molecule has 1 aliphatic rings. The third kappa shape index (κ3) is 2.51. The molecule has 0 aliphatic heterocycles. The number of esters is 1. The number of pyridine rings is 2. The van der Waals surface area contributed by atoms with Crippen molar-refractivity contribution < 1.29 is 9.53 Å². The van der Waals surface area contributed by atoms with E-state index in [4.69, 9.17) is 10.1 Å². The first kappa shape index (κ1) is 16.5. The first-order valence-electron chi connectivity index (χ1n) is 8.81. The molecule has 0 unspecified atom stereocenters. The van der Waals surface area contributed by atoms with Crippen LogP contribution in [0.25, 0.3) is 16.7 Å². The summed E-state index contributed by atoms with van der Waals surface area (Å²) in [5.74, 6) is -0.612. The number of carbonyl (C=O) groups is 1. The van der Waals surface area contributed by atoms with Crippen LogP contribution in [-0.4, -0.2) is 27.0 Å². The lowest BCUT2D eigenvalue weighted by Gasteiger charge is -2.26. The molecule has 0 saturated heterocycles. The Kier molecular flexibility index (Phi) is 4.06. The predicted molar refractivity (Wildman–Crippen MR) is 96.3 cm³/mol. The minimum Gasteiger partial charge on any atom is -0.465 e. The average molecular weight is 352 g/mol. The summed E-state index contributed by atoms with van der Waals surface area (Å²) in [6.45, 7) is 0. The van der Waals surface area contributed by atoms with Crippen LogP contribution in [0.5, 0.6) is 0 Å². The Labute approximate surface area is 149 Å². The lowest BCUT2D eigenvalue weighted by atomic mass is 9.95. The highest BCUT2D eigenvalue weighted by Gasteiger charge is 2.23. The van der Waals surface area contributed by atoms with Crippen LogP contribution in [0.15, 0.2) is 35.3 Å². The van der Waals surface area contributed by atoms with Crippen molar-refractivity contribution in [1.82, 2.24) is 14.0 Å². The zero-order valence-electron chi connectivity index (χ0n) is 14.6. The van der Waals surface area contributed by atoms with Crippen LogP contribution in [0.2, 0.25) is 0 Å². The second-order valence-corrected chi connectivity index (χ2v) is 6.64. The van der Waals surface area contributed by atoms with Crippen LogP contribution < -0.4 is 11.0 Å². The highest BCUT2D eigenvalue weighted by molar-refractivity contribution is 5.93. The van der Waals surface area contributed by atoms with E-state index >= 15 is 0 Å². The van der Waals surface area contributed by atoms with Gasteiger partial charge in [0.2, 0.25) is 0 Å². The van der Waals surface area contributed by atoms with E-state index in [1.54, 1.807) is 22.9 Å². The van der Waals surface area contributed by atoms with Crippen molar-refractivity contribution in [2.24, 2.45) is 0 Å². The molecule has 0 spiro atoms. The van der Waals surface area contributed by atoms with Crippen LogP contribution >= 0.6 is 0 Å². The van der Waals surface area contributed by atoms with Crippen molar-refractivity contribution in [1.29, 1.82) is 5.41 Å². The summed E-state index contributed by atoms with van der Waals surface area (Å²) in [4.78, 5) is 29.9. The maximum absolute atomic E-state index is 13.0. The molecule has 7 nitrogen and oxygen atoms in total. The molecule has 134 valence electrons. The van der Waals surface area contributed by atoms with E-state index in [1.807, 2.05) is 6.07 Å². The van der Waals surface area contributed by atoms with Gasteiger partial charge < -0.3 is 9.30 Å². The number of nitrogens with one attached hydrogen (secondary N) is 1. The lowest BCUT2D eigenvalue weighted by molar-refractivity contribution is 0.0597. The number of hydrogen-bond donors (Lipinski definition) is 1. The molecule has 1 saturated carbocycles. The van der Waals surface area contributed by atoms with Crippen LogP contribution in [0, 0.1) is 5.41 Å². The fourth-order valence-electron chi connectivity index (χ4n) is 3.81. The summed E-state index contributed by atoms with van der Waals surface area (Å²) >= 11 is 0. The summed E-state index contributed by atoms with van der Waals surface area (Å²) in [5.41, 5.74) is 0.898. The van der Waals surface area contributed by atoms with Gasteiger partial charge in [-0.15, -0.1) is 0 Å². The Morgan fingerprint density at radius 3 is 2.77 bits per heavy atom. The molecule has 4 rings (SSSR count). The van der Waals surface area contributed by atoms with Gasteiger partial charge in [-0.2, -0.15) is 0 Å². The molecule has 0 radical (unpaired) electrons. The Bertz CT molecular complexity index is 1120. The van der Waals surface area contributed by atoms with E-state index in [2.05, 4.69) is 4.98 Å². The van der Waals surface area contributed by atoms with E-state index in [9.17, 15) is 9.59 Å². The molecule has 7 heteroatoms. The van der Waals surface area contributed by atoms with Crippen molar-refractivity contribution >= 4 is 22.6 Å². The highest BCUT2D eigenvalue weighted by atomic mass is 16.5. The number of methoxy groups -OCH3 is 1. The van der Waals surface area contributed by atoms with Crippen molar-refractivity contribution in [3.63, 3.8) is 0 Å². The van der Waals surface area contributed by atoms with Crippen LogP contribution in [0.4, 0.5) is 0 Å². The summed E-state index contributed by atoms with van der Waals surface area (Å²) < 4.78 is 8.05. The SMILES string of the molecule is COC(=O)c1cc2c(=O)n3ccccc3nc2n(C2CCCCC2)c1=N. The number of carbonyl (C=O) groups excluding carboxylic acids is 1. The molecule has 1 fully saturated rings. The predicted octanol–water partition coefficient (Wildman–Crippen LogP) is 2.42. The van der Waals surface area contributed by atoms with Gasteiger partial charge in [-0.1, -0.05) is 25.3 Å². The number of ether oxygens (including phenoxy) is 1. The summed E-state index contributed by atoms with van der Waals surface area (Å²) in [6, 6.07) is 6.85. The highest BCUT2D eigenvalue weighted by Crippen LogP contribution is 2.29. The molecule has 3 aromatic rings. The van der Waals surface area contributed by atoms with Crippen molar-refractivity contribution in [2.45, 2.75) is 38.1 Å². The van der Waals surface area contributed by atoms with Crippen LogP contribution in [-0.2, 0) is 4.74 Å². The van der Waals surface area contributed by atoms with E-state index in [0.29, 0.717) is 16.7 Å². The molecule has 1 aliphatic carbocycles. The fraction of sp³-hybridized carbons (Fsp3) is 0.368. The number of nitrogens with zero attached hydrogens (tertiary/aromatic N) is 3. The first-order valence-corrected chi connectivity index (χ1v) is 8.81. The third-order valence-electron chi connectivity index (χ3n) is 5.11. The molecule has 0 atom stereocenters. The van der Waals surface area contributed by atoms with Crippen molar-refractivity contribution in [2.75, 3.05) is 7.11 Å². The lowest BCUT2D eigenvalue weighted by Crippen LogP contribution is -2.33. The maximum Gasteiger partial charge on any atom is 0.341 e. The normalized spacial score (nSPS) is 15.4. The molecule has 0 amide bonds. The Hall–Kier alpha value is -2.96. The quantitative estimate of drug-likeness (QED) is 0.566. The van der Waals surface area contributed by atoms with Crippen molar-refractivity contribution in [3.8, 4) is 0 Å². The summed E-state index contributed by atoms with van der Waals surface area (Å²) in [5, 5.41) is 8.92. The molecule has 0 bridgehead atoms. The number of hydrogen-bond acceptors (Lipinski definition) is 5. The van der Waals surface area contributed by atoms with Gasteiger partial charge in [0.25, 0.3) is 5.56 Å². The molecule has 1 N–H and O–H groups in total. The second-order valence-electron chi connectivity index (χ2n) is 6.64. The van der Waals surface area contributed by atoms with E-state index in [-0.39, 0.29) is 22.7 Å². The van der Waals surface area contributed by atoms with Gasteiger partial charge in [-0.25, -0.2) is 9.78 Å². The maximum atomic E-state index is 13.0. The third-order valence-corrected chi connectivity index (χ3v) is 5.11. The van der Waals surface area contributed by atoms with Crippen LogP contribution in [0.1, 0.15) is 48.5 Å². The van der Waals surface area contributed by atoms with E-state index in [0.717, 1.165) is 32.1 Å².